The van der Waals surface area contributed by atoms with Crippen molar-refractivity contribution in [2.75, 3.05) is 13.3 Å². The van der Waals surface area contributed by atoms with Crippen LogP contribution in [0.4, 0.5) is 4.39 Å². The van der Waals surface area contributed by atoms with Crippen LogP contribution in [0.1, 0.15) is 100 Å². The van der Waals surface area contributed by atoms with Crippen LogP contribution in [-0.4, -0.2) is 24.4 Å². The third-order valence-corrected chi connectivity index (χ3v) is 4.90. The first kappa shape index (κ1) is 23.5. The van der Waals surface area contributed by atoms with Gasteiger partial charge in [-0.1, -0.05) is 77.0 Å². The highest BCUT2D eigenvalue weighted by Crippen LogP contribution is 2.15. The smallest absolute Gasteiger partial charge is 0.335 e. The molecule has 0 saturated carbocycles. The zero-order valence-corrected chi connectivity index (χ0v) is 16.8. The Kier molecular flexibility index (Phi) is 14.4. The molecule has 0 fully saturated rings. The van der Waals surface area contributed by atoms with Crippen molar-refractivity contribution in [3.8, 4) is 5.75 Å². The third kappa shape index (κ3) is 13.3. The fourth-order valence-electron chi connectivity index (χ4n) is 3.20. The van der Waals surface area contributed by atoms with E-state index in [9.17, 15) is 9.18 Å². The zero-order valence-electron chi connectivity index (χ0n) is 16.8. The van der Waals surface area contributed by atoms with Crippen LogP contribution in [-0.2, 0) is 0 Å². The molecule has 0 saturated heterocycles. The summed E-state index contributed by atoms with van der Waals surface area (Å²) in [4.78, 5) is 10.8. The Morgan fingerprint density at radius 3 is 1.52 bits per heavy atom. The van der Waals surface area contributed by atoms with Crippen molar-refractivity contribution in [3.63, 3.8) is 0 Å². The van der Waals surface area contributed by atoms with Crippen LogP contribution in [0.2, 0.25) is 0 Å². The van der Waals surface area contributed by atoms with Crippen LogP contribution in [0, 0.1) is 0 Å². The molecule has 1 rings (SSSR count). The number of hydrogen-bond donors (Lipinski definition) is 1. The van der Waals surface area contributed by atoms with Gasteiger partial charge in [0.1, 0.15) is 5.75 Å². The van der Waals surface area contributed by atoms with E-state index in [4.69, 9.17) is 9.84 Å². The van der Waals surface area contributed by atoms with Gasteiger partial charge in [0.05, 0.1) is 18.8 Å². The van der Waals surface area contributed by atoms with E-state index in [2.05, 4.69) is 0 Å². The summed E-state index contributed by atoms with van der Waals surface area (Å²) in [5, 5.41) is 8.85. The molecule has 154 valence electrons. The number of halogens is 1. The van der Waals surface area contributed by atoms with Crippen molar-refractivity contribution >= 4 is 5.97 Å². The maximum Gasteiger partial charge on any atom is 0.335 e. The summed E-state index contributed by atoms with van der Waals surface area (Å²) in [7, 11) is 0. The monoisotopic (exact) mass is 380 g/mol. The number of benzene rings is 1. The first-order chi connectivity index (χ1) is 13.2. The summed E-state index contributed by atoms with van der Waals surface area (Å²) < 4.78 is 17.6. The van der Waals surface area contributed by atoms with E-state index in [1.165, 1.54) is 70.6 Å². The van der Waals surface area contributed by atoms with Crippen molar-refractivity contribution in [3.05, 3.63) is 29.8 Å². The molecule has 1 aromatic rings. The van der Waals surface area contributed by atoms with Crippen LogP contribution in [0.3, 0.4) is 0 Å². The number of hydrogen-bond acceptors (Lipinski definition) is 2. The number of carbonyl (C=O) groups is 1. The highest BCUT2D eigenvalue weighted by atomic mass is 19.1. The Balaban J connectivity index is 1.81. The Bertz CT molecular complexity index is 473. The number of alkyl halides is 1. The van der Waals surface area contributed by atoms with Crippen molar-refractivity contribution < 1.29 is 19.0 Å². The molecule has 0 heterocycles. The molecule has 0 aliphatic carbocycles. The molecule has 0 spiro atoms. The minimum atomic E-state index is -0.910. The first-order valence-electron chi connectivity index (χ1n) is 10.8. The molecule has 0 atom stereocenters. The van der Waals surface area contributed by atoms with Crippen LogP contribution in [0.25, 0.3) is 0 Å². The second-order valence-corrected chi connectivity index (χ2v) is 7.32. The third-order valence-electron chi connectivity index (χ3n) is 4.90. The molecular formula is C23H37FO3. The lowest BCUT2D eigenvalue weighted by atomic mass is 10.0. The molecule has 3 nitrogen and oxygen atoms in total. The van der Waals surface area contributed by atoms with Crippen LogP contribution < -0.4 is 4.74 Å². The van der Waals surface area contributed by atoms with Gasteiger partial charge in [-0.15, -0.1) is 0 Å². The number of rotatable bonds is 18. The van der Waals surface area contributed by atoms with E-state index in [-0.39, 0.29) is 12.2 Å². The fraction of sp³-hybridized carbons (Fsp3) is 0.696. The number of ether oxygens (including phenoxy) is 1. The summed E-state index contributed by atoms with van der Waals surface area (Å²) >= 11 is 0. The molecule has 0 unspecified atom stereocenters. The van der Waals surface area contributed by atoms with Crippen molar-refractivity contribution in [2.45, 2.75) is 89.9 Å². The number of aromatic carboxylic acids is 1. The Morgan fingerprint density at radius 1 is 0.704 bits per heavy atom. The SMILES string of the molecule is O=C(O)c1ccc(OCCCCCCCCCCCCCCCCF)cc1. The van der Waals surface area contributed by atoms with Gasteiger partial charge < -0.3 is 9.84 Å². The predicted octanol–water partition coefficient (Wildman–Crippen LogP) is 7.19. The molecule has 0 aromatic heterocycles. The van der Waals surface area contributed by atoms with Crippen LogP contribution in [0.15, 0.2) is 24.3 Å². The highest BCUT2D eigenvalue weighted by molar-refractivity contribution is 5.87. The van der Waals surface area contributed by atoms with Crippen molar-refractivity contribution in [1.82, 2.24) is 0 Å². The van der Waals surface area contributed by atoms with E-state index in [1.54, 1.807) is 24.3 Å². The molecule has 0 radical (unpaired) electrons. The van der Waals surface area contributed by atoms with Crippen LogP contribution >= 0.6 is 0 Å². The maximum atomic E-state index is 11.9. The molecule has 4 heteroatoms. The molecule has 0 aliphatic rings. The van der Waals surface area contributed by atoms with Gasteiger partial charge in [0, 0.05) is 0 Å². The van der Waals surface area contributed by atoms with E-state index >= 15 is 0 Å². The molecule has 1 N–H and O–H groups in total. The van der Waals surface area contributed by atoms with E-state index in [0.29, 0.717) is 6.61 Å². The highest BCUT2D eigenvalue weighted by Gasteiger charge is 2.02. The summed E-state index contributed by atoms with van der Waals surface area (Å²) in [6, 6.07) is 6.58. The molecule has 0 bridgehead atoms. The van der Waals surface area contributed by atoms with Gasteiger partial charge in [0.2, 0.25) is 0 Å². The lowest BCUT2D eigenvalue weighted by Crippen LogP contribution is -1.99. The van der Waals surface area contributed by atoms with Crippen LogP contribution in [0.5, 0.6) is 5.75 Å². The zero-order chi connectivity index (χ0) is 19.6. The van der Waals surface area contributed by atoms with Gasteiger partial charge in [-0.3, -0.25) is 4.39 Å². The molecule has 0 amide bonds. The summed E-state index contributed by atoms with van der Waals surface area (Å²) in [5.74, 6) is -0.172. The van der Waals surface area contributed by atoms with Crippen molar-refractivity contribution in [1.29, 1.82) is 0 Å². The molecule has 1 aromatic carbocycles. The number of unbranched alkanes of at least 4 members (excludes halogenated alkanes) is 13. The average molecular weight is 381 g/mol. The Morgan fingerprint density at radius 2 is 1.11 bits per heavy atom. The normalized spacial score (nSPS) is 10.9. The molecule has 0 aliphatic heterocycles. The Labute approximate surface area is 164 Å². The molecule has 27 heavy (non-hydrogen) atoms. The van der Waals surface area contributed by atoms with Gasteiger partial charge in [-0.2, -0.15) is 0 Å². The number of carboxylic acid groups (broad SMARTS) is 1. The second-order valence-electron chi connectivity index (χ2n) is 7.32. The quantitative estimate of drug-likeness (QED) is 0.274. The van der Waals surface area contributed by atoms with Gasteiger partial charge in [0.25, 0.3) is 0 Å². The minimum absolute atomic E-state index is 0.157. The summed E-state index contributed by atoms with van der Waals surface area (Å²) in [5.41, 5.74) is 0.288. The fourth-order valence-corrected chi connectivity index (χ4v) is 3.20. The topological polar surface area (TPSA) is 46.5 Å². The number of carboxylic acids is 1. The van der Waals surface area contributed by atoms with Gasteiger partial charge >= 0.3 is 5.97 Å². The second kappa shape index (κ2) is 16.6. The van der Waals surface area contributed by atoms with E-state index in [1.807, 2.05) is 0 Å². The van der Waals surface area contributed by atoms with Gasteiger partial charge in [-0.05, 0) is 37.1 Å². The lowest BCUT2D eigenvalue weighted by Gasteiger charge is -2.06. The lowest BCUT2D eigenvalue weighted by molar-refractivity contribution is 0.0697. The molecular weight excluding hydrogens is 343 g/mol. The summed E-state index contributed by atoms with van der Waals surface area (Å²) in [6.07, 6.45) is 17.1. The summed E-state index contributed by atoms with van der Waals surface area (Å²) in [6.45, 7) is 0.535. The standard InChI is InChI=1S/C23H37FO3/c24-19-13-11-9-7-5-3-1-2-4-6-8-10-12-14-20-27-22-17-15-21(16-18-22)23(25)26/h15-18H,1-14,19-20H2,(H,25,26). The largest absolute Gasteiger partial charge is 0.494 e. The average Bonchev–Trinajstić information content (AvgIpc) is 2.68. The van der Waals surface area contributed by atoms with E-state index in [0.717, 1.165) is 25.0 Å². The first-order valence-corrected chi connectivity index (χ1v) is 10.8. The maximum absolute atomic E-state index is 11.9. The van der Waals surface area contributed by atoms with E-state index < -0.39 is 5.97 Å². The van der Waals surface area contributed by atoms with Crippen molar-refractivity contribution in [2.24, 2.45) is 0 Å². The van der Waals surface area contributed by atoms with Gasteiger partial charge in [0.15, 0.2) is 0 Å². The predicted molar refractivity (Wildman–Crippen MR) is 110 cm³/mol. The minimum Gasteiger partial charge on any atom is -0.494 e. The Hall–Kier alpha value is -1.58. The van der Waals surface area contributed by atoms with Gasteiger partial charge in [-0.25, -0.2) is 4.79 Å².